The van der Waals surface area contributed by atoms with Crippen molar-refractivity contribution in [3.63, 3.8) is 0 Å². The summed E-state index contributed by atoms with van der Waals surface area (Å²) in [7, 11) is 0. The Morgan fingerprint density at radius 1 is 0.850 bits per heavy atom. The van der Waals surface area contributed by atoms with Gasteiger partial charge in [0.25, 0.3) is 0 Å². The number of halogens is 2. The van der Waals surface area contributed by atoms with E-state index in [9.17, 15) is 8.78 Å². The molecule has 2 N–H and O–H groups in total. The third-order valence-electron chi connectivity index (χ3n) is 2.59. The molecule has 0 aliphatic heterocycles. The van der Waals surface area contributed by atoms with Gasteiger partial charge in [-0.3, -0.25) is 0 Å². The molecule has 3 nitrogen and oxygen atoms in total. The second-order valence-corrected chi connectivity index (χ2v) is 4.15. The van der Waals surface area contributed by atoms with Crippen LogP contribution in [0.1, 0.15) is 5.56 Å². The average molecular weight is 279 g/mol. The highest BCUT2D eigenvalue weighted by Gasteiger charge is 2.02. The highest BCUT2D eigenvalue weighted by molar-refractivity contribution is 5.28. The van der Waals surface area contributed by atoms with Crippen molar-refractivity contribution in [3.05, 3.63) is 59.7 Å². The summed E-state index contributed by atoms with van der Waals surface area (Å²) in [5, 5.41) is 0. The normalized spacial score (nSPS) is 10.3. The molecule has 0 fully saturated rings. The lowest BCUT2D eigenvalue weighted by Gasteiger charge is -2.09. The zero-order valence-electron chi connectivity index (χ0n) is 10.8. The Bertz CT molecular complexity index is 555. The van der Waals surface area contributed by atoms with Crippen LogP contribution in [0.4, 0.5) is 8.78 Å². The molecule has 20 heavy (non-hydrogen) atoms. The Labute approximate surface area is 115 Å². The van der Waals surface area contributed by atoms with Crippen molar-refractivity contribution in [1.29, 1.82) is 0 Å². The van der Waals surface area contributed by atoms with Crippen LogP contribution in [0.15, 0.2) is 42.5 Å². The van der Waals surface area contributed by atoms with E-state index in [2.05, 4.69) is 0 Å². The first-order valence-electron chi connectivity index (χ1n) is 6.18. The molecule has 0 amide bonds. The summed E-state index contributed by atoms with van der Waals surface area (Å²) in [6, 6.07) is 10.4. The van der Waals surface area contributed by atoms with E-state index in [-0.39, 0.29) is 19.0 Å². The van der Waals surface area contributed by atoms with Gasteiger partial charge in [-0.2, -0.15) is 0 Å². The van der Waals surface area contributed by atoms with Crippen LogP contribution in [0.3, 0.4) is 0 Å². The maximum absolute atomic E-state index is 12.9. The summed E-state index contributed by atoms with van der Waals surface area (Å²) >= 11 is 0. The molecule has 2 rings (SSSR count). The van der Waals surface area contributed by atoms with Crippen LogP contribution < -0.4 is 15.2 Å². The van der Waals surface area contributed by atoms with Crippen molar-refractivity contribution in [2.45, 2.75) is 6.54 Å². The van der Waals surface area contributed by atoms with Gasteiger partial charge in [-0.15, -0.1) is 0 Å². The van der Waals surface area contributed by atoms with Crippen molar-refractivity contribution >= 4 is 0 Å². The average Bonchev–Trinajstić information content (AvgIpc) is 2.43. The molecule has 0 atom stereocenters. The monoisotopic (exact) mass is 279 g/mol. The zero-order chi connectivity index (χ0) is 14.4. The highest BCUT2D eigenvalue weighted by atomic mass is 19.1. The summed E-state index contributed by atoms with van der Waals surface area (Å²) < 4.78 is 36.5. The quantitative estimate of drug-likeness (QED) is 0.827. The van der Waals surface area contributed by atoms with Crippen LogP contribution in [-0.4, -0.2) is 13.2 Å². The smallest absolute Gasteiger partial charge is 0.129 e. The SMILES string of the molecule is NCc1cccc(OCCOc2cc(F)cc(F)c2)c1. The molecule has 0 heterocycles. The molecule has 2 aromatic rings. The summed E-state index contributed by atoms with van der Waals surface area (Å²) in [5.41, 5.74) is 6.49. The maximum Gasteiger partial charge on any atom is 0.129 e. The molecule has 0 aliphatic rings. The molecule has 0 aliphatic carbocycles. The van der Waals surface area contributed by atoms with E-state index in [1.807, 2.05) is 18.2 Å². The van der Waals surface area contributed by atoms with Gasteiger partial charge >= 0.3 is 0 Å². The fourth-order valence-corrected chi connectivity index (χ4v) is 1.69. The predicted octanol–water partition coefficient (Wildman–Crippen LogP) is 2.88. The molecule has 0 bridgehead atoms. The molecule has 5 heteroatoms. The summed E-state index contributed by atoms with van der Waals surface area (Å²) in [6.07, 6.45) is 0. The first kappa shape index (κ1) is 14.3. The van der Waals surface area contributed by atoms with Gasteiger partial charge in [-0.25, -0.2) is 8.78 Å². The predicted molar refractivity (Wildman–Crippen MR) is 71.7 cm³/mol. The van der Waals surface area contributed by atoms with Gasteiger partial charge in [-0.05, 0) is 17.7 Å². The lowest BCUT2D eigenvalue weighted by atomic mass is 10.2. The number of nitrogens with two attached hydrogens (primary N) is 1. The number of ether oxygens (including phenoxy) is 2. The minimum absolute atomic E-state index is 0.141. The fraction of sp³-hybridized carbons (Fsp3) is 0.200. The molecule has 0 saturated heterocycles. The van der Waals surface area contributed by atoms with E-state index in [4.69, 9.17) is 15.2 Å². The number of rotatable bonds is 6. The number of hydrogen-bond donors (Lipinski definition) is 1. The Morgan fingerprint density at radius 3 is 2.15 bits per heavy atom. The third-order valence-corrected chi connectivity index (χ3v) is 2.59. The lowest BCUT2D eigenvalue weighted by Crippen LogP contribution is -2.09. The molecule has 0 unspecified atom stereocenters. The van der Waals surface area contributed by atoms with Gasteiger partial charge in [0.05, 0.1) is 0 Å². The van der Waals surface area contributed by atoms with Crippen molar-refractivity contribution < 1.29 is 18.3 Å². The molecule has 0 saturated carbocycles. The Kier molecular flexibility index (Phi) is 4.90. The largest absolute Gasteiger partial charge is 0.490 e. The minimum atomic E-state index is -0.670. The topological polar surface area (TPSA) is 44.5 Å². The van der Waals surface area contributed by atoms with Crippen LogP contribution >= 0.6 is 0 Å². The second-order valence-electron chi connectivity index (χ2n) is 4.15. The lowest BCUT2D eigenvalue weighted by molar-refractivity contribution is 0.216. The van der Waals surface area contributed by atoms with Crippen LogP contribution in [-0.2, 0) is 6.54 Å². The van der Waals surface area contributed by atoms with Gasteiger partial charge in [0.2, 0.25) is 0 Å². The summed E-state index contributed by atoms with van der Waals surface area (Å²) in [4.78, 5) is 0. The number of benzene rings is 2. The molecule has 106 valence electrons. The van der Waals surface area contributed by atoms with Crippen LogP contribution in [0.25, 0.3) is 0 Å². The third kappa shape index (κ3) is 4.20. The van der Waals surface area contributed by atoms with Crippen molar-refractivity contribution in [2.75, 3.05) is 13.2 Å². The van der Waals surface area contributed by atoms with Gasteiger partial charge in [-0.1, -0.05) is 12.1 Å². The Balaban J connectivity index is 1.81. The van der Waals surface area contributed by atoms with E-state index in [0.717, 1.165) is 23.8 Å². The molecule has 0 radical (unpaired) electrons. The van der Waals surface area contributed by atoms with E-state index < -0.39 is 11.6 Å². The van der Waals surface area contributed by atoms with E-state index in [0.29, 0.717) is 12.3 Å². The Morgan fingerprint density at radius 2 is 1.50 bits per heavy atom. The van der Waals surface area contributed by atoms with Crippen molar-refractivity contribution in [3.8, 4) is 11.5 Å². The highest BCUT2D eigenvalue weighted by Crippen LogP contribution is 2.16. The van der Waals surface area contributed by atoms with E-state index in [1.54, 1.807) is 6.07 Å². The first-order valence-corrected chi connectivity index (χ1v) is 6.18. The molecule has 0 aromatic heterocycles. The van der Waals surface area contributed by atoms with E-state index >= 15 is 0 Å². The van der Waals surface area contributed by atoms with Crippen LogP contribution in [0.5, 0.6) is 11.5 Å². The van der Waals surface area contributed by atoms with Gasteiger partial charge in [0.15, 0.2) is 0 Å². The van der Waals surface area contributed by atoms with E-state index in [1.165, 1.54) is 0 Å². The maximum atomic E-state index is 12.9. The fourth-order valence-electron chi connectivity index (χ4n) is 1.69. The zero-order valence-corrected chi connectivity index (χ0v) is 10.8. The minimum Gasteiger partial charge on any atom is -0.490 e. The van der Waals surface area contributed by atoms with Gasteiger partial charge in [0, 0.05) is 24.7 Å². The molecule has 0 spiro atoms. The standard InChI is InChI=1S/C15H15F2NO2/c16-12-7-13(17)9-15(8-12)20-5-4-19-14-3-1-2-11(6-14)10-18/h1-3,6-9H,4-5,10,18H2. The van der Waals surface area contributed by atoms with Crippen LogP contribution in [0, 0.1) is 11.6 Å². The van der Waals surface area contributed by atoms with Crippen molar-refractivity contribution in [2.24, 2.45) is 5.73 Å². The van der Waals surface area contributed by atoms with Crippen molar-refractivity contribution in [1.82, 2.24) is 0 Å². The van der Waals surface area contributed by atoms with Gasteiger partial charge in [0.1, 0.15) is 36.3 Å². The second kappa shape index (κ2) is 6.86. The summed E-state index contributed by atoms with van der Waals surface area (Å²) in [5.74, 6) is -0.517. The molecular weight excluding hydrogens is 264 g/mol. The number of hydrogen-bond acceptors (Lipinski definition) is 3. The molecule has 2 aromatic carbocycles. The summed E-state index contributed by atoms with van der Waals surface area (Å²) in [6.45, 7) is 0.901. The first-order chi connectivity index (χ1) is 9.67. The van der Waals surface area contributed by atoms with Crippen LogP contribution in [0.2, 0.25) is 0 Å². The van der Waals surface area contributed by atoms with Gasteiger partial charge < -0.3 is 15.2 Å². The molecular formula is C15H15F2NO2. The Hall–Kier alpha value is -2.14.